The molecule has 0 atom stereocenters. The third kappa shape index (κ3) is 5.19. The van der Waals surface area contributed by atoms with Crippen LogP contribution in [0, 0.1) is 0 Å². The molecular weight excluding hydrogens is 715 g/mol. The number of rotatable bonds is 7. The number of furan rings is 1. The number of hydrogen-bond donors (Lipinski definition) is 0. The van der Waals surface area contributed by atoms with Gasteiger partial charge in [-0.2, -0.15) is 9.97 Å². The molecule has 5 aromatic heterocycles. The zero-order valence-electron chi connectivity index (χ0n) is 31.4. The Bertz CT molecular complexity index is 3500. The summed E-state index contributed by atoms with van der Waals surface area (Å²) in [6, 6.07) is 50.7. The molecule has 0 aliphatic carbocycles. The Balaban J connectivity index is 1.09. The summed E-state index contributed by atoms with van der Waals surface area (Å²) in [5, 5.41) is 6.74. The lowest BCUT2D eigenvalue weighted by atomic mass is 10.0. The van der Waals surface area contributed by atoms with Gasteiger partial charge in [0.25, 0.3) is 0 Å². The van der Waals surface area contributed by atoms with Crippen molar-refractivity contribution in [3.63, 3.8) is 0 Å². The minimum absolute atomic E-state index is 0.442. The van der Waals surface area contributed by atoms with Crippen LogP contribution in [0.25, 0.3) is 99.8 Å². The summed E-state index contributed by atoms with van der Waals surface area (Å²) in [5.41, 5.74) is 10.4. The number of aromatic nitrogens is 6. The van der Waals surface area contributed by atoms with E-state index < -0.39 is 0 Å². The molecule has 8 nitrogen and oxygen atoms in total. The number of allylic oxidation sites excluding steroid dienone is 3. The lowest BCUT2D eigenvalue weighted by molar-refractivity contribution is 0.666. The van der Waals surface area contributed by atoms with E-state index in [1.54, 1.807) is 19.3 Å². The zero-order valence-corrected chi connectivity index (χ0v) is 31.4. The number of hydrogen-bond acceptors (Lipinski definition) is 6. The number of aliphatic imine (C=N–C) groups is 1. The number of para-hydroxylation sites is 4. The topological polar surface area (TPSA) is 86.9 Å². The predicted octanol–water partition coefficient (Wildman–Crippen LogP) is 11.9. The maximum absolute atomic E-state index is 6.53. The molecule has 0 fully saturated rings. The molecule has 274 valence electrons. The number of nitrogens with zero attached hydrogens (tertiary/aromatic N) is 7. The van der Waals surface area contributed by atoms with Gasteiger partial charge in [-0.05, 0) is 77.9 Å². The second-order valence-corrected chi connectivity index (χ2v) is 14.1. The van der Waals surface area contributed by atoms with Crippen LogP contribution in [0.5, 0.6) is 0 Å². The van der Waals surface area contributed by atoms with E-state index in [-0.39, 0.29) is 0 Å². The van der Waals surface area contributed by atoms with Gasteiger partial charge in [-0.1, -0.05) is 104 Å². The summed E-state index contributed by atoms with van der Waals surface area (Å²) < 4.78 is 11.0. The Morgan fingerprint density at radius 1 is 0.603 bits per heavy atom. The van der Waals surface area contributed by atoms with Crippen molar-refractivity contribution in [2.45, 2.75) is 0 Å². The molecule has 0 spiro atoms. The van der Waals surface area contributed by atoms with E-state index in [0.29, 0.717) is 29.0 Å². The Morgan fingerprint density at radius 3 is 1.95 bits per heavy atom. The highest BCUT2D eigenvalue weighted by atomic mass is 16.3. The third-order valence-corrected chi connectivity index (χ3v) is 10.9. The van der Waals surface area contributed by atoms with Crippen molar-refractivity contribution in [1.82, 2.24) is 29.1 Å². The molecule has 8 heteroatoms. The van der Waals surface area contributed by atoms with Crippen molar-refractivity contribution >= 4 is 71.3 Å². The molecule has 0 amide bonds. The highest BCUT2D eigenvalue weighted by Gasteiger charge is 2.21. The minimum atomic E-state index is 0.442. The molecule has 0 radical (unpaired) electrons. The second kappa shape index (κ2) is 13.4. The first-order chi connectivity index (χ1) is 28.7. The van der Waals surface area contributed by atoms with Gasteiger partial charge in [-0.25, -0.2) is 4.98 Å². The van der Waals surface area contributed by atoms with E-state index in [2.05, 4.69) is 135 Å². The van der Waals surface area contributed by atoms with Crippen LogP contribution < -0.4 is 0 Å². The van der Waals surface area contributed by atoms with Gasteiger partial charge >= 0.3 is 0 Å². The summed E-state index contributed by atoms with van der Waals surface area (Å²) in [6.07, 6.45) is 7.11. The summed E-state index contributed by atoms with van der Waals surface area (Å²) in [5.74, 6) is 1.38. The molecule has 6 aromatic carbocycles. The standard InChI is InChI=1S/C50H33N7O/c1-3-4-18-39(51-2)48-53-49(40-19-11-12-28-52-40)55-50(54-48)57-42-21-9-6-15-34(42)38-30-32(25-27-44(38)57)31-24-26-43-37(29-31)33-14-5-8-20-41(33)56(43)45-22-13-17-36-35-16-7-10-23-46(35)58-47(36)45/h3-30H,1H2,2H3/b18-4-,51-39+. The van der Waals surface area contributed by atoms with Gasteiger partial charge in [0.2, 0.25) is 5.95 Å². The van der Waals surface area contributed by atoms with Crippen LogP contribution in [0.15, 0.2) is 186 Å². The van der Waals surface area contributed by atoms with Gasteiger partial charge in [-0.15, -0.1) is 0 Å². The van der Waals surface area contributed by atoms with Crippen molar-refractivity contribution < 1.29 is 4.42 Å². The number of pyridine rings is 1. The summed E-state index contributed by atoms with van der Waals surface area (Å²) in [4.78, 5) is 23.9. The molecule has 0 bridgehead atoms. The first kappa shape index (κ1) is 33.4. The van der Waals surface area contributed by atoms with E-state index in [4.69, 9.17) is 19.4 Å². The van der Waals surface area contributed by atoms with Gasteiger partial charge in [0.05, 0.1) is 27.8 Å². The third-order valence-electron chi connectivity index (χ3n) is 10.9. The van der Waals surface area contributed by atoms with Gasteiger partial charge in [-0.3, -0.25) is 14.5 Å². The van der Waals surface area contributed by atoms with E-state index in [1.807, 2.05) is 48.6 Å². The maximum Gasteiger partial charge on any atom is 0.238 e. The van der Waals surface area contributed by atoms with Crippen molar-refractivity contribution in [2.24, 2.45) is 4.99 Å². The molecule has 11 rings (SSSR count). The molecule has 0 aliphatic heterocycles. The number of fused-ring (bicyclic) bond motifs is 9. The van der Waals surface area contributed by atoms with Crippen molar-refractivity contribution in [3.8, 4) is 34.3 Å². The lowest BCUT2D eigenvalue weighted by Crippen LogP contribution is -2.12. The molecule has 0 unspecified atom stereocenters. The molecular formula is C50H33N7O. The largest absolute Gasteiger partial charge is 0.454 e. The predicted molar refractivity (Wildman–Crippen MR) is 236 cm³/mol. The van der Waals surface area contributed by atoms with Crippen LogP contribution in [0.2, 0.25) is 0 Å². The van der Waals surface area contributed by atoms with Gasteiger partial charge < -0.3 is 8.98 Å². The van der Waals surface area contributed by atoms with Crippen LogP contribution in [0.1, 0.15) is 5.82 Å². The molecule has 0 aliphatic rings. The summed E-state index contributed by atoms with van der Waals surface area (Å²) in [6.45, 7) is 3.83. The first-order valence-electron chi connectivity index (χ1n) is 19.1. The highest BCUT2D eigenvalue weighted by Crippen LogP contribution is 2.40. The van der Waals surface area contributed by atoms with Crippen molar-refractivity contribution in [2.75, 3.05) is 7.05 Å². The fourth-order valence-electron chi connectivity index (χ4n) is 8.29. The van der Waals surface area contributed by atoms with Crippen molar-refractivity contribution in [3.05, 3.63) is 182 Å². The first-order valence-corrected chi connectivity index (χ1v) is 19.1. The average Bonchev–Trinajstić information content (AvgIpc) is 3.94. The molecule has 11 aromatic rings. The zero-order chi connectivity index (χ0) is 38.7. The summed E-state index contributed by atoms with van der Waals surface area (Å²) >= 11 is 0. The number of benzene rings is 6. The van der Waals surface area contributed by atoms with E-state index >= 15 is 0 Å². The fraction of sp³-hybridized carbons (Fsp3) is 0.0200. The highest BCUT2D eigenvalue weighted by molar-refractivity contribution is 6.14. The van der Waals surface area contributed by atoms with Gasteiger partial charge in [0.1, 0.15) is 17.0 Å². The van der Waals surface area contributed by atoms with Crippen LogP contribution in [0.3, 0.4) is 0 Å². The molecule has 0 saturated heterocycles. The van der Waals surface area contributed by atoms with Crippen LogP contribution in [-0.2, 0) is 0 Å². The Morgan fingerprint density at radius 2 is 1.24 bits per heavy atom. The van der Waals surface area contributed by atoms with Crippen LogP contribution >= 0.6 is 0 Å². The quantitative estimate of drug-likeness (QED) is 0.120. The monoisotopic (exact) mass is 747 g/mol. The van der Waals surface area contributed by atoms with E-state index in [1.165, 1.54) is 10.8 Å². The fourth-order valence-corrected chi connectivity index (χ4v) is 8.29. The lowest BCUT2D eigenvalue weighted by Gasteiger charge is -2.11. The molecule has 0 N–H and O–H groups in total. The molecule has 0 saturated carbocycles. The Kier molecular flexibility index (Phi) is 7.68. The van der Waals surface area contributed by atoms with Crippen molar-refractivity contribution in [1.29, 1.82) is 0 Å². The average molecular weight is 748 g/mol. The smallest absolute Gasteiger partial charge is 0.238 e. The molecule has 58 heavy (non-hydrogen) atoms. The van der Waals surface area contributed by atoms with E-state index in [0.717, 1.165) is 71.6 Å². The summed E-state index contributed by atoms with van der Waals surface area (Å²) in [7, 11) is 1.73. The van der Waals surface area contributed by atoms with Gasteiger partial charge in [0, 0.05) is 45.6 Å². The van der Waals surface area contributed by atoms with Crippen LogP contribution in [0.4, 0.5) is 0 Å². The van der Waals surface area contributed by atoms with Crippen LogP contribution in [-0.4, -0.2) is 41.8 Å². The van der Waals surface area contributed by atoms with Gasteiger partial charge in [0.15, 0.2) is 17.2 Å². The SMILES string of the molecule is C=C/C=C\C(=N/C)c1nc(-c2ccccn2)nc(-n2c3ccccc3c3cc(-c4ccc5c(c4)c4ccccc4n5-c4cccc5c4oc4ccccc45)ccc32)n1. The van der Waals surface area contributed by atoms with E-state index in [9.17, 15) is 0 Å². The normalized spacial score (nSPS) is 12.3. The Labute approximate surface area is 332 Å². The molecule has 5 heterocycles. The minimum Gasteiger partial charge on any atom is -0.454 e. The maximum atomic E-state index is 6.53. The second-order valence-electron chi connectivity index (χ2n) is 14.1. The Hall–Kier alpha value is -7.97.